The van der Waals surface area contributed by atoms with Crippen LogP contribution in [0.4, 0.5) is 5.82 Å². The van der Waals surface area contributed by atoms with Gasteiger partial charge >= 0.3 is 0 Å². The molecule has 2 saturated heterocycles. The van der Waals surface area contributed by atoms with Crippen LogP contribution in [0.3, 0.4) is 0 Å². The molecular weight excluding hydrogens is 413 g/mol. The number of nitrogens with two attached hydrogens (primary N) is 1. The maximum absolute atomic E-state index is 6.15. The van der Waals surface area contributed by atoms with Crippen LogP contribution >= 0.6 is 24.0 Å². The van der Waals surface area contributed by atoms with Gasteiger partial charge in [0.1, 0.15) is 5.82 Å². The molecule has 1 aromatic rings. The smallest absolute Gasteiger partial charge is 0.191 e. The maximum Gasteiger partial charge on any atom is 0.191 e. The summed E-state index contributed by atoms with van der Waals surface area (Å²) in [6.07, 6.45) is 10.9. The Labute approximate surface area is 162 Å². The van der Waals surface area contributed by atoms with Crippen LogP contribution in [0.1, 0.15) is 50.5 Å². The molecule has 6 heteroatoms. The van der Waals surface area contributed by atoms with Gasteiger partial charge in [0.05, 0.1) is 6.54 Å². The first-order valence-electron chi connectivity index (χ1n) is 9.08. The molecular formula is C18H30IN5. The number of aliphatic imine (C=N–C) groups is 1. The van der Waals surface area contributed by atoms with Crippen LogP contribution in [0.2, 0.25) is 0 Å². The van der Waals surface area contributed by atoms with Crippen LogP contribution in [0, 0.1) is 0 Å². The van der Waals surface area contributed by atoms with Crippen molar-refractivity contribution < 1.29 is 0 Å². The van der Waals surface area contributed by atoms with Gasteiger partial charge in [-0.1, -0.05) is 12.8 Å². The van der Waals surface area contributed by atoms with E-state index in [0.717, 1.165) is 32.0 Å². The fourth-order valence-electron chi connectivity index (χ4n) is 3.43. The van der Waals surface area contributed by atoms with Gasteiger partial charge in [-0.2, -0.15) is 0 Å². The summed E-state index contributed by atoms with van der Waals surface area (Å²) < 4.78 is 0. The molecule has 0 unspecified atom stereocenters. The number of nitrogens with zero attached hydrogens (tertiary/aromatic N) is 4. The second-order valence-corrected chi connectivity index (χ2v) is 6.65. The fourth-order valence-corrected chi connectivity index (χ4v) is 3.43. The van der Waals surface area contributed by atoms with Gasteiger partial charge < -0.3 is 15.5 Å². The van der Waals surface area contributed by atoms with E-state index in [4.69, 9.17) is 5.73 Å². The minimum Gasteiger partial charge on any atom is -0.370 e. The van der Waals surface area contributed by atoms with E-state index in [1.54, 1.807) is 0 Å². The van der Waals surface area contributed by atoms with E-state index in [2.05, 4.69) is 25.8 Å². The van der Waals surface area contributed by atoms with E-state index < -0.39 is 0 Å². The summed E-state index contributed by atoms with van der Waals surface area (Å²) in [5.74, 6) is 1.79. The van der Waals surface area contributed by atoms with Crippen molar-refractivity contribution in [3.05, 3.63) is 23.9 Å². The second-order valence-electron chi connectivity index (χ2n) is 6.65. The first-order chi connectivity index (χ1) is 11.3. The minimum atomic E-state index is 0. The van der Waals surface area contributed by atoms with Gasteiger partial charge in [-0.05, 0) is 49.8 Å². The number of halogens is 1. The number of pyridine rings is 1. The standard InChI is InChI=1S/C18H29N5.HI/c19-18(23-12-6-3-7-13-23)21-15-16-8-9-20-17(14-16)22-10-4-1-2-5-11-22;/h8-9,14H,1-7,10-13,15H2,(H2,19,21);1H. The Kier molecular flexibility index (Phi) is 8.08. The zero-order chi connectivity index (χ0) is 15.9. The fraction of sp³-hybridized carbons (Fsp3) is 0.667. The van der Waals surface area contributed by atoms with Crippen LogP contribution in [0.25, 0.3) is 0 Å². The van der Waals surface area contributed by atoms with Crippen molar-refractivity contribution in [1.82, 2.24) is 9.88 Å². The normalized spacial score (nSPS) is 19.6. The molecule has 5 nitrogen and oxygen atoms in total. The number of likely N-dealkylation sites (tertiary alicyclic amines) is 1. The monoisotopic (exact) mass is 443 g/mol. The number of rotatable bonds is 3. The number of anilines is 1. The molecule has 0 spiro atoms. The summed E-state index contributed by atoms with van der Waals surface area (Å²) >= 11 is 0. The first-order valence-corrected chi connectivity index (χ1v) is 9.08. The van der Waals surface area contributed by atoms with Crippen molar-refractivity contribution in [3.63, 3.8) is 0 Å². The van der Waals surface area contributed by atoms with Crippen molar-refractivity contribution >= 4 is 35.8 Å². The summed E-state index contributed by atoms with van der Waals surface area (Å²) in [6.45, 7) is 4.98. The third-order valence-corrected chi connectivity index (χ3v) is 4.84. The van der Waals surface area contributed by atoms with Gasteiger partial charge in [-0.25, -0.2) is 9.98 Å². The highest BCUT2D eigenvalue weighted by Gasteiger charge is 2.13. The Hall–Kier alpha value is -1.05. The van der Waals surface area contributed by atoms with E-state index in [1.807, 2.05) is 12.3 Å². The lowest BCUT2D eigenvalue weighted by Gasteiger charge is -2.27. The Morgan fingerprint density at radius 2 is 1.62 bits per heavy atom. The van der Waals surface area contributed by atoms with E-state index in [-0.39, 0.29) is 24.0 Å². The second kappa shape index (κ2) is 10.1. The van der Waals surface area contributed by atoms with Gasteiger partial charge in [-0.15, -0.1) is 24.0 Å². The predicted molar refractivity (Wildman–Crippen MR) is 111 cm³/mol. The molecule has 134 valence electrons. The summed E-state index contributed by atoms with van der Waals surface area (Å²) in [5.41, 5.74) is 7.34. The van der Waals surface area contributed by atoms with Gasteiger partial charge in [0.25, 0.3) is 0 Å². The van der Waals surface area contributed by atoms with Crippen LogP contribution in [-0.2, 0) is 6.54 Å². The zero-order valence-electron chi connectivity index (χ0n) is 14.5. The SMILES string of the molecule is I.NC(=NCc1ccnc(N2CCCCCC2)c1)N1CCCCC1. The average Bonchev–Trinajstić information content (AvgIpc) is 2.90. The molecule has 3 heterocycles. The first kappa shape index (κ1) is 19.3. The number of hydrogen-bond acceptors (Lipinski definition) is 3. The third kappa shape index (κ3) is 5.50. The van der Waals surface area contributed by atoms with Crippen molar-refractivity contribution in [3.8, 4) is 0 Å². The van der Waals surface area contributed by atoms with E-state index in [9.17, 15) is 0 Å². The third-order valence-electron chi connectivity index (χ3n) is 4.84. The highest BCUT2D eigenvalue weighted by atomic mass is 127. The predicted octanol–water partition coefficient (Wildman–Crippen LogP) is 3.38. The summed E-state index contributed by atoms with van der Waals surface area (Å²) in [4.78, 5) is 13.8. The minimum absolute atomic E-state index is 0. The van der Waals surface area contributed by atoms with E-state index in [0.29, 0.717) is 12.5 Å². The molecule has 0 atom stereocenters. The topological polar surface area (TPSA) is 57.8 Å². The Morgan fingerprint density at radius 1 is 1.00 bits per heavy atom. The highest BCUT2D eigenvalue weighted by molar-refractivity contribution is 14.0. The van der Waals surface area contributed by atoms with Crippen LogP contribution in [0.5, 0.6) is 0 Å². The zero-order valence-corrected chi connectivity index (χ0v) is 16.8. The largest absolute Gasteiger partial charge is 0.370 e. The average molecular weight is 443 g/mol. The molecule has 0 aromatic carbocycles. The van der Waals surface area contributed by atoms with Gasteiger partial charge in [-0.3, -0.25) is 0 Å². The maximum atomic E-state index is 6.15. The lowest BCUT2D eigenvalue weighted by Crippen LogP contribution is -2.40. The van der Waals surface area contributed by atoms with Crippen molar-refractivity contribution in [1.29, 1.82) is 0 Å². The van der Waals surface area contributed by atoms with Crippen LogP contribution in [-0.4, -0.2) is 42.0 Å². The summed E-state index contributed by atoms with van der Waals surface area (Å²) in [6, 6.07) is 4.23. The van der Waals surface area contributed by atoms with Gasteiger partial charge in [0.15, 0.2) is 5.96 Å². The molecule has 0 amide bonds. The molecule has 0 radical (unpaired) electrons. The molecule has 0 bridgehead atoms. The van der Waals surface area contributed by atoms with Gasteiger partial charge in [0, 0.05) is 32.4 Å². The molecule has 24 heavy (non-hydrogen) atoms. The molecule has 2 fully saturated rings. The lowest BCUT2D eigenvalue weighted by molar-refractivity contribution is 0.338. The molecule has 2 N–H and O–H groups in total. The van der Waals surface area contributed by atoms with Crippen molar-refractivity contribution in [2.45, 2.75) is 51.5 Å². The molecule has 2 aliphatic heterocycles. The number of hydrogen-bond donors (Lipinski definition) is 1. The Bertz CT molecular complexity index is 520. The van der Waals surface area contributed by atoms with Crippen molar-refractivity contribution in [2.75, 3.05) is 31.1 Å². The van der Waals surface area contributed by atoms with Crippen molar-refractivity contribution in [2.24, 2.45) is 10.7 Å². The summed E-state index contributed by atoms with van der Waals surface area (Å²) in [7, 11) is 0. The van der Waals surface area contributed by atoms with Crippen LogP contribution < -0.4 is 10.6 Å². The molecule has 3 rings (SSSR count). The van der Waals surface area contributed by atoms with E-state index in [1.165, 1.54) is 50.5 Å². The Balaban J connectivity index is 0.00000208. The Morgan fingerprint density at radius 3 is 2.33 bits per heavy atom. The lowest BCUT2D eigenvalue weighted by atomic mass is 10.1. The van der Waals surface area contributed by atoms with Gasteiger partial charge in [0.2, 0.25) is 0 Å². The quantitative estimate of drug-likeness (QED) is 0.442. The number of piperidine rings is 1. The summed E-state index contributed by atoms with van der Waals surface area (Å²) in [5, 5.41) is 0. The molecule has 0 aliphatic carbocycles. The highest BCUT2D eigenvalue weighted by Crippen LogP contribution is 2.18. The number of aromatic nitrogens is 1. The molecule has 0 saturated carbocycles. The van der Waals surface area contributed by atoms with E-state index >= 15 is 0 Å². The molecule has 1 aromatic heterocycles. The number of guanidine groups is 1. The molecule has 2 aliphatic rings. The van der Waals surface area contributed by atoms with Crippen LogP contribution in [0.15, 0.2) is 23.3 Å².